The second kappa shape index (κ2) is 3.02. The van der Waals surface area contributed by atoms with Crippen LogP contribution >= 0.6 is 0 Å². The Kier molecular flexibility index (Phi) is 2.16. The van der Waals surface area contributed by atoms with Crippen molar-refractivity contribution < 1.29 is 5.11 Å². The van der Waals surface area contributed by atoms with Crippen LogP contribution in [0, 0.1) is 17.3 Å². The van der Waals surface area contributed by atoms with E-state index in [9.17, 15) is 0 Å². The quantitative estimate of drug-likeness (QED) is 0.686. The van der Waals surface area contributed by atoms with Crippen molar-refractivity contribution in [3.63, 3.8) is 0 Å². The van der Waals surface area contributed by atoms with Crippen molar-refractivity contribution in [2.24, 2.45) is 17.3 Å². The first-order valence-electron chi connectivity index (χ1n) is 5.39. The molecule has 2 aliphatic carbocycles. The Morgan fingerprint density at radius 1 is 1.42 bits per heavy atom. The van der Waals surface area contributed by atoms with Crippen molar-refractivity contribution >= 4 is 0 Å². The van der Waals surface area contributed by atoms with Gasteiger partial charge in [0.25, 0.3) is 0 Å². The highest BCUT2D eigenvalue weighted by Crippen LogP contribution is 2.65. The summed E-state index contributed by atoms with van der Waals surface area (Å²) in [7, 11) is 0. The first-order valence-corrected chi connectivity index (χ1v) is 5.39. The minimum atomic E-state index is 0.383. The second-order valence-corrected chi connectivity index (χ2v) is 4.87. The Labute approximate surface area is 75.2 Å². The molecule has 0 heterocycles. The van der Waals surface area contributed by atoms with Gasteiger partial charge in [-0.2, -0.15) is 0 Å². The smallest absolute Gasteiger partial charge is 0.0433 e. The van der Waals surface area contributed by atoms with E-state index in [1.807, 2.05) is 0 Å². The predicted octanol–water partition coefficient (Wildman–Crippen LogP) is 2.59. The van der Waals surface area contributed by atoms with Crippen LogP contribution in [0.5, 0.6) is 0 Å². The molecule has 2 rings (SSSR count). The van der Waals surface area contributed by atoms with Crippen molar-refractivity contribution in [2.75, 3.05) is 6.61 Å². The maximum Gasteiger partial charge on any atom is 0.0433 e. The lowest BCUT2D eigenvalue weighted by molar-refractivity contribution is 0.242. The van der Waals surface area contributed by atoms with Gasteiger partial charge in [-0.1, -0.05) is 19.8 Å². The van der Waals surface area contributed by atoms with E-state index >= 15 is 0 Å². The van der Waals surface area contributed by atoms with Gasteiger partial charge >= 0.3 is 0 Å². The Hall–Kier alpha value is -0.0400. The molecule has 2 aliphatic rings. The molecule has 1 spiro atoms. The van der Waals surface area contributed by atoms with Gasteiger partial charge in [0.05, 0.1) is 0 Å². The molecule has 0 aromatic rings. The predicted molar refractivity (Wildman–Crippen MR) is 49.9 cm³/mol. The van der Waals surface area contributed by atoms with Crippen LogP contribution in [0.1, 0.15) is 45.4 Å². The molecule has 1 heteroatoms. The summed E-state index contributed by atoms with van der Waals surface area (Å²) >= 11 is 0. The fourth-order valence-corrected chi connectivity index (χ4v) is 3.24. The summed E-state index contributed by atoms with van der Waals surface area (Å²) in [6.45, 7) is 2.70. The molecule has 70 valence electrons. The van der Waals surface area contributed by atoms with Gasteiger partial charge in [0.2, 0.25) is 0 Å². The van der Waals surface area contributed by atoms with Crippen LogP contribution in [0.25, 0.3) is 0 Å². The van der Waals surface area contributed by atoms with Crippen molar-refractivity contribution in [3.05, 3.63) is 0 Å². The molecular weight excluding hydrogens is 148 g/mol. The summed E-state index contributed by atoms with van der Waals surface area (Å²) in [5.74, 6) is 1.74. The highest BCUT2D eigenvalue weighted by atomic mass is 16.3. The van der Waals surface area contributed by atoms with Gasteiger partial charge in [-0.15, -0.1) is 0 Å². The zero-order valence-corrected chi connectivity index (χ0v) is 8.05. The fraction of sp³-hybridized carbons (Fsp3) is 1.00. The number of hydrogen-bond acceptors (Lipinski definition) is 1. The third kappa shape index (κ3) is 1.28. The summed E-state index contributed by atoms with van der Waals surface area (Å²) < 4.78 is 0. The maximum atomic E-state index is 8.84. The van der Waals surface area contributed by atoms with E-state index < -0.39 is 0 Å². The molecule has 0 aromatic heterocycles. The zero-order valence-electron chi connectivity index (χ0n) is 8.05. The first-order chi connectivity index (χ1) is 5.78. The molecule has 12 heavy (non-hydrogen) atoms. The van der Waals surface area contributed by atoms with Crippen LogP contribution in [0.2, 0.25) is 0 Å². The van der Waals surface area contributed by atoms with Crippen LogP contribution in [0.4, 0.5) is 0 Å². The highest BCUT2D eigenvalue weighted by molar-refractivity contribution is 5.06. The number of hydrogen-bond donors (Lipinski definition) is 1. The number of aliphatic hydroxyl groups is 1. The Bertz CT molecular complexity index is 158. The highest BCUT2D eigenvalue weighted by Gasteiger charge is 2.56. The monoisotopic (exact) mass is 168 g/mol. The summed E-state index contributed by atoms with van der Waals surface area (Å²) in [6, 6.07) is 0. The van der Waals surface area contributed by atoms with Crippen LogP contribution in [-0.4, -0.2) is 11.7 Å². The van der Waals surface area contributed by atoms with Gasteiger partial charge in [-0.3, -0.25) is 0 Å². The number of rotatable bonds is 3. The summed E-state index contributed by atoms with van der Waals surface area (Å²) in [5.41, 5.74) is 0.772. The molecule has 0 saturated heterocycles. The molecule has 2 fully saturated rings. The van der Waals surface area contributed by atoms with Gasteiger partial charge in [-0.25, -0.2) is 0 Å². The molecule has 0 radical (unpaired) electrons. The minimum Gasteiger partial charge on any atom is -0.396 e. The molecule has 0 aromatic carbocycles. The minimum absolute atomic E-state index is 0.383. The third-order valence-electron chi connectivity index (χ3n) is 4.12. The van der Waals surface area contributed by atoms with E-state index in [-0.39, 0.29) is 0 Å². The van der Waals surface area contributed by atoms with Gasteiger partial charge in [0.1, 0.15) is 0 Å². The Balaban J connectivity index is 1.85. The summed E-state index contributed by atoms with van der Waals surface area (Å²) in [5, 5.41) is 8.84. The Morgan fingerprint density at radius 3 is 2.67 bits per heavy atom. The lowest BCUT2D eigenvalue weighted by Crippen LogP contribution is -2.07. The van der Waals surface area contributed by atoms with E-state index in [1.165, 1.54) is 32.1 Å². The van der Waals surface area contributed by atoms with E-state index in [1.54, 1.807) is 0 Å². The summed E-state index contributed by atoms with van der Waals surface area (Å²) in [6.07, 6.45) is 8.37. The molecular formula is C11H20O. The van der Waals surface area contributed by atoms with Gasteiger partial charge in [-0.05, 0) is 42.9 Å². The number of aliphatic hydroxyl groups excluding tert-OH is 1. The Morgan fingerprint density at radius 2 is 2.08 bits per heavy atom. The molecule has 0 amide bonds. The third-order valence-corrected chi connectivity index (χ3v) is 4.12. The van der Waals surface area contributed by atoms with Crippen molar-refractivity contribution in [2.45, 2.75) is 45.4 Å². The van der Waals surface area contributed by atoms with E-state index in [0.717, 1.165) is 23.7 Å². The average molecular weight is 168 g/mol. The van der Waals surface area contributed by atoms with Crippen molar-refractivity contribution in [3.8, 4) is 0 Å². The standard InChI is InChI=1S/C11H20O/c1-9(4-7-12)10-8-11(10)5-2-3-6-11/h9-10,12H,2-8H2,1H3. The zero-order chi connectivity index (χ0) is 8.60. The summed E-state index contributed by atoms with van der Waals surface area (Å²) in [4.78, 5) is 0. The van der Waals surface area contributed by atoms with Gasteiger partial charge < -0.3 is 5.11 Å². The second-order valence-electron chi connectivity index (χ2n) is 4.87. The van der Waals surface area contributed by atoms with Crippen LogP contribution in [0.15, 0.2) is 0 Å². The lowest BCUT2D eigenvalue weighted by atomic mass is 9.93. The molecule has 0 aliphatic heterocycles. The fourth-order valence-electron chi connectivity index (χ4n) is 3.24. The van der Waals surface area contributed by atoms with E-state index in [0.29, 0.717) is 6.61 Å². The van der Waals surface area contributed by atoms with E-state index in [2.05, 4.69) is 6.92 Å². The maximum absolute atomic E-state index is 8.84. The van der Waals surface area contributed by atoms with Crippen molar-refractivity contribution in [1.29, 1.82) is 0 Å². The average Bonchev–Trinajstić information content (AvgIpc) is 2.51. The first kappa shape index (κ1) is 8.55. The molecule has 0 bridgehead atoms. The normalized spacial score (nSPS) is 34.0. The SMILES string of the molecule is CC(CCO)C1CC12CCCC2. The molecule has 1 N–H and O–H groups in total. The van der Waals surface area contributed by atoms with Crippen molar-refractivity contribution in [1.82, 2.24) is 0 Å². The van der Waals surface area contributed by atoms with Crippen LogP contribution in [-0.2, 0) is 0 Å². The topological polar surface area (TPSA) is 20.2 Å². The lowest BCUT2D eigenvalue weighted by Gasteiger charge is -2.13. The van der Waals surface area contributed by atoms with Gasteiger partial charge in [0, 0.05) is 6.61 Å². The van der Waals surface area contributed by atoms with E-state index in [4.69, 9.17) is 5.11 Å². The molecule has 2 unspecified atom stereocenters. The molecule has 1 nitrogen and oxygen atoms in total. The molecule has 2 saturated carbocycles. The van der Waals surface area contributed by atoms with Crippen LogP contribution < -0.4 is 0 Å². The van der Waals surface area contributed by atoms with Crippen LogP contribution in [0.3, 0.4) is 0 Å². The van der Waals surface area contributed by atoms with Gasteiger partial charge in [0.15, 0.2) is 0 Å². The molecule has 2 atom stereocenters. The largest absolute Gasteiger partial charge is 0.396 e.